The molecule has 1 aliphatic heterocycles. The summed E-state index contributed by atoms with van der Waals surface area (Å²) in [5, 5.41) is 12.7. The minimum atomic E-state index is -0.349. The maximum atomic E-state index is 9.37. The highest BCUT2D eigenvalue weighted by Gasteiger charge is 2.20. The van der Waals surface area contributed by atoms with Gasteiger partial charge in [0.25, 0.3) is 0 Å². The van der Waals surface area contributed by atoms with Gasteiger partial charge in [0.2, 0.25) is 0 Å². The monoisotopic (exact) mass is 338 g/mol. The molecule has 2 unspecified atom stereocenters. The molecule has 1 aliphatic rings. The maximum absolute atomic E-state index is 9.37. The Bertz CT molecular complexity index is 513. The number of benzene rings is 1. The van der Waals surface area contributed by atoms with Crippen molar-refractivity contribution in [3.05, 3.63) is 22.2 Å². The second kappa shape index (κ2) is 6.96. The number of hydrogen-bond donors (Lipinski definition) is 1. The first-order valence-electron chi connectivity index (χ1n) is 6.90. The van der Waals surface area contributed by atoms with E-state index in [4.69, 9.17) is 9.47 Å². The van der Waals surface area contributed by atoms with Gasteiger partial charge in [-0.2, -0.15) is 5.26 Å². The standard InChI is InChI=1S/C15H19BrN2O2/c1-3-10(2)18-13(9-17)11-7-12(16)15-14(8-11)19-5-4-6-20-15/h7-8,10,13,18H,3-6H2,1-2H3. The molecule has 0 bridgehead atoms. The smallest absolute Gasteiger partial charge is 0.175 e. The molecule has 1 N–H and O–H groups in total. The first-order valence-corrected chi connectivity index (χ1v) is 7.69. The van der Waals surface area contributed by atoms with E-state index in [1.807, 2.05) is 12.1 Å². The van der Waals surface area contributed by atoms with E-state index in [2.05, 4.69) is 41.2 Å². The molecule has 20 heavy (non-hydrogen) atoms. The Morgan fingerprint density at radius 2 is 2.15 bits per heavy atom. The molecule has 0 radical (unpaired) electrons. The molecule has 108 valence electrons. The molecule has 0 aromatic heterocycles. The number of hydrogen-bond acceptors (Lipinski definition) is 4. The van der Waals surface area contributed by atoms with Crippen molar-refractivity contribution in [1.29, 1.82) is 5.26 Å². The Kier molecular flexibility index (Phi) is 5.27. The van der Waals surface area contributed by atoms with E-state index in [0.717, 1.165) is 28.6 Å². The van der Waals surface area contributed by atoms with Crippen LogP contribution in [0.4, 0.5) is 0 Å². The minimum Gasteiger partial charge on any atom is -0.490 e. The number of rotatable bonds is 4. The highest BCUT2D eigenvalue weighted by molar-refractivity contribution is 9.10. The number of nitrogens with one attached hydrogen (secondary N) is 1. The van der Waals surface area contributed by atoms with E-state index in [1.165, 1.54) is 0 Å². The van der Waals surface area contributed by atoms with E-state index in [9.17, 15) is 5.26 Å². The number of nitrogens with zero attached hydrogens (tertiary/aromatic N) is 1. The zero-order chi connectivity index (χ0) is 14.5. The fourth-order valence-corrected chi connectivity index (χ4v) is 2.60. The molecule has 1 aromatic rings. The van der Waals surface area contributed by atoms with E-state index in [0.29, 0.717) is 19.0 Å². The first kappa shape index (κ1) is 15.1. The van der Waals surface area contributed by atoms with Crippen molar-refractivity contribution in [2.75, 3.05) is 13.2 Å². The van der Waals surface area contributed by atoms with Gasteiger partial charge < -0.3 is 9.47 Å². The summed E-state index contributed by atoms with van der Waals surface area (Å²) in [6, 6.07) is 6.07. The van der Waals surface area contributed by atoms with Crippen LogP contribution in [-0.2, 0) is 0 Å². The third-order valence-electron chi connectivity index (χ3n) is 3.35. The molecular formula is C15H19BrN2O2. The fourth-order valence-electron chi connectivity index (χ4n) is 2.03. The summed E-state index contributed by atoms with van der Waals surface area (Å²) in [6.07, 6.45) is 1.84. The largest absolute Gasteiger partial charge is 0.490 e. The van der Waals surface area contributed by atoms with E-state index in [-0.39, 0.29) is 12.1 Å². The molecule has 4 nitrogen and oxygen atoms in total. The second-order valence-electron chi connectivity index (χ2n) is 4.92. The van der Waals surface area contributed by atoms with Crippen LogP contribution in [0.1, 0.15) is 38.3 Å². The van der Waals surface area contributed by atoms with Crippen molar-refractivity contribution in [2.24, 2.45) is 0 Å². The number of halogens is 1. The Morgan fingerprint density at radius 1 is 1.40 bits per heavy atom. The molecule has 1 heterocycles. The molecule has 0 fully saturated rings. The van der Waals surface area contributed by atoms with Crippen molar-refractivity contribution in [3.63, 3.8) is 0 Å². The SMILES string of the molecule is CCC(C)NC(C#N)c1cc(Br)c2c(c1)OCCCO2. The zero-order valence-electron chi connectivity index (χ0n) is 11.8. The lowest BCUT2D eigenvalue weighted by Crippen LogP contribution is -2.29. The summed E-state index contributed by atoms with van der Waals surface area (Å²) in [6.45, 7) is 5.45. The molecule has 0 saturated carbocycles. The molecule has 0 amide bonds. The number of nitriles is 1. The lowest BCUT2D eigenvalue weighted by molar-refractivity contribution is 0.296. The Labute approximate surface area is 128 Å². The molecule has 2 atom stereocenters. The predicted molar refractivity (Wildman–Crippen MR) is 81.0 cm³/mol. The quantitative estimate of drug-likeness (QED) is 0.911. The van der Waals surface area contributed by atoms with Crippen molar-refractivity contribution in [3.8, 4) is 17.6 Å². The van der Waals surface area contributed by atoms with Gasteiger partial charge in [0, 0.05) is 12.5 Å². The molecule has 0 spiro atoms. The van der Waals surface area contributed by atoms with Crippen LogP contribution in [0.15, 0.2) is 16.6 Å². The van der Waals surface area contributed by atoms with Gasteiger partial charge in [0.15, 0.2) is 11.5 Å². The van der Waals surface area contributed by atoms with Crippen LogP contribution in [0, 0.1) is 11.3 Å². The first-order chi connectivity index (χ1) is 9.65. The van der Waals surface area contributed by atoms with Crippen LogP contribution in [0.3, 0.4) is 0 Å². The molecule has 0 saturated heterocycles. The van der Waals surface area contributed by atoms with Gasteiger partial charge in [-0.1, -0.05) is 6.92 Å². The summed E-state index contributed by atoms with van der Waals surface area (Å²) in [4.78, 5) is 0. The van der Waals surface area contributed by atoms with Crippen LogP contribution in [0.2, 0.25) is 0 Å². The predicted octanol–water partition coefficient (Wildman–Crippen LogP) is 3.56. The minimum absolute atomic E-state index is 0.286. The summed E-state index contributed by atoms with van der Waals surface area (Å²) < 4.78 is 12.2. The van der Waals surface area contributed by atoms with Crippen LogP contribution in [0.5, 0.6) is 11.5 Å². The van der Waals surface area contributed by atoms with Crippen LogP contribution in [-0.4, -0.2) is 19.3 Å². The molecule has 2 rings (SSSR count). The number of ether oxygens (including phenoxy) is 2. The van der Waals surface area contributed by atoms with Gasteiger partial charge in [-0.3, -0.25) is 5.32 Å². The van der Waals surface area contributed by atoms with Crippen molar-refractivity contribution in [2.45, 2.75) is 38.8 Å². The van der Waals surface area contributed by atoms with Gasteiger partial charge in [-0.15, -0.1) is 0 Å². The van der Waals surface area contributed by atoms with Gasteiger partial charge in [-0.25, -0.2) is 0 Å². The van der Waals surface area contributed by atoms with Gasteiger partial charge in [0.05, 0.1) is 23.8 Å². The lowest BCUT2D eigenvalue weighted by Gasteiger charge is -2.19. The van der Waals surface area contributed by atoms with Gasteiger partial charge in [0.1, 0.15) is 6.04 Å². The maximum Gasteiger partial charge on any atom is 0.175 e. The summed E-state index contributed by atoms with van der Waals surface area (Å²) in [5.74, 6) is 1.43. The van der Waals surface area contributed by atoms with Crippen LogP contribution < -0.4 is 14.8 Å². The molecular weight excluding hydrogens is 320 g/mol. The highest BCUT2D eigenvalue weighted by atomic mass is 79.9. The third-order valence-corrected chi connectivity index (χ3v) is 3.94. The average molecular weight is 339 g/mol. The Morgan fingerprint density at radius 3 is 2.85 bits per heavy atom. The van der Waals surface area contributed by atoms with Crippen molar-refractivity contribution >= 4 is 15.9 Å². The van der Waals surface area contributed by atoms with Crippen molar-refractivity contribution < 1.29 is 9.47 Å². The van der Waals surface area contributed by atoms with Gasteiger partial charge in [-0.05, 0) is 47.0 Å². The third kappa shape index (κ3) is 3.44. The number of fused-ring (bicyclic) bond motifs is 1. The summed E-state index contributed by atoms with van der Waals surface area (Å²) >= 11 is 3.51. The van der Waals surface area contributed by atoms with Crippen molar-refractivity contribution in [1.82, 2.24) is 5.32 Å². The van der Waals surface area contributed by atoms with E-state index >= 15 is 0 Å². The topological polar surface area (TPSA) is 54.3 Å². The van der Waals surface area contributed by atoms with E-state index < -0.39 is 0 Å². The molecule has 5 heteroatoms. The highest BCUT2D eigenvalue weighted by Crippen LogP contribution is 2.39. The second-order valence-corrected chi connectivity index (χ2v) is 5.77. The average Bonchev–Trinajstić information content (AvgIpc) is 2.70. The summed E-state index contributed by atoms with van der Waals surface area (Å²) in [7, 11) is 0. The van der Waals surface area contributed by atoms with E-state index in [1.54, 1.807) is 0 Å². The Balaban J connectivity index is 2.30. The fraction of sp³-hybridized carbons (Fsp3) is 0.533. The van der Waals surface area contributed by atoms with Crippen LogP contribution in [0.25, 0.3) is 0 Å². The molecule has 1 aromatic carbocycles. The molecule has 0 aliphatic carbocycles. The zero-order valence-corrected chi connectivity index (χ0v) is 13.4. The Hall–Kier alpha value is -1.25. The van der Waals surface area contributed by atoms with Crippen LogP contribution >= 0.6 is 15.9 Å². The summed E-state index contributed by atoms with van der Waals surface area (Å²) in [5.41, 5.74) is 0.893. The van der Waals surface area contributed by atoms with Gasteiger partial charge >= 0.3 is 0 Å². The lowest BCUT2D eigenvalue weighted by atomic mass is 10.1. The normalized spacial score (nSPS) is 16.9.